The highest BCUT2D eigenvalue weighted by Crippen LogP contribution is 2.47. The topological polar surface area (TPSA) is 84.6 Å². The number of rotatable bonds is 5. The fourth-order valence-corrected chi connectivity index (χ4v) is 2.49. The van der Waals surface area contributed by atoms with E-state index >= 15 is 0 Å². The van der Waals surface area contributed by atoms with Crippen molar-refractivity contribution in [2.45, 2.75) is 12.3 Å². The van der Waals surface area contributed by atoms with Crippen molar-refractivity contribution in [1.82, 2.24) is 5.43 Å². The monoisotopic (exact) mass is 309 g/mol. The van der Waals surface area contributed by atoms with Crippen molar-refractivity contribution in [2.75, 3.05) is 0 Å². The van der Waals surface area contributed by atoms with E-state index in [-0.39, 0.29) is 23.4 Å². The molecule has 2 aromatic carbocycles. The van der Waals surface area contributed by atoms with E-state index in [1.807, 2.05) is 30.3 Å². The van der Waals surface area contributed by atoms with Gasteiger partial charge in [0.2, 0.25) is 5.91 Å². The third-order valence-electron chi connectivity index (χ3n) is 3.85. The molecule has 0 saturated heterocycles. The Morgan fingerprint density at radius 1 is 1.17 bits per heavy atom. The molecule has 1 N–H and O–H groups in total. The molecule has 2 atom stereocenters. The maximum absolute atomic E-state index is 12.0. The molecule has 2 aromatic rings. The summed E-state index contributed by atoms with van der Waals surface area (Å²) >= 11 is 0. The first-order chi connectivity index (χ1) is 11.1. The number of hydrogen-bond acceptors (Lipinski definition) is 4. The van der Waals surface area contributed by atoms with Gasteiger partial charge in [0.1, 0.15) is 0 Å². The summed E-state index contributed by atoms with van der Waals surface area (Å²) in [5.41, 5.74) is 4.41. The Morgan fingerprint density at radius 3 is 2.52 bits per heavy atom. The molecule has 0 spiro atoms. The summed E-state index contributed by atoms with van der Waals surface area (Å²) in [5, 5.41) is 14.5. The quantitative estimate of drug-likeness (QED) is 0.523. The predicted molar refractivity (Wildman–Crippen MR) is 86.1 cm³/mol. The lowest BCUT2D eigenvalue weighted by Gasteiger charge is -2.00. The molecule has 0 bridgehead atoms. The van der Waals surface area contributed by atoms with Crippen LogP contribution < -0.4 is 5.43 Å². The average Bonchev–Trinajstić information content (AvgIpc) is 3.37. The highest BCUT2D eigenvalue weighted by atomic mass is 16.6. The molecular formula is C17H15N3O3. The van der Waals surface area contributed by atoms with Crippen LogP contribution in [0.4, 0.5) is 5.69 Å². The van der Waals surface area contributed by atoms with Gasteiger partial charge in [0.15, 0.2) is 0 Å². The minimum Gasteiger partial charge on any atom is -0.273 e. The second-order valence-electron chi connectivity index (χ2n) is 5.44. The van der Waals surface area contributed by atoms with E-state index in [1.165, 1.54) is 23.9 Å². The summed E-state index contributed by atoms with van der Waals surface area (Å²) in [6, 6.07) is 15.9. The van der Waals surface area contributed by atoms with E-state index in [0.29, 0.717) is 5.56 Å². The third-order valence-corrected chi connectivity index (χ3v) is 3.85. The number of nitro benzene ring substituents is 1. The number of nitrogens with one attached hydrogen (secondary N) is 1. The summed E-state index contributed by atoms with van der Waals surface area (Å²) in [5.74, 6) is 0.134. The number of hydrazone groups is 1. The van der Waals surface area contributed by atoms with Crippen LogP contribution in [0, 0.1) is 16.0 Å². The highest BCUT2D eigenvalue weighted by molar-refractivity contribution is 5.85. The van der Waals surface area contributed by atoms with Crippen LogP contribution in [0.25, 0.3) is 0 Å². The lowest BCUT2D eigenvalue weighted by molar-refractivity contribution is -0.384. The van der Waals surface area contributed by atoms with Crippen LogP contribution in [0.5, 0.6) is 0 Å². The van der Waals surface area contributed by atoms with Crippen LogP contribution in [0.3, 0.4) is 0 Å². The number of non-ortho nitro benzene ring substituents is 1. The molecule has 1 aliphatic carbocycles. The normalized spacial score (nSPS) is 19.5. The Hall–Kier alpha value is -3.02. The maximum atomic E-state index is 12.0. The summed E-state index contributed by atoms with van der Waals surface area (Å²) in [7, 11) is 0. The third kappa shape index (κ3) is 3.60. The zero-order chi connectivity index (χ0) is 16.2. The summed E-state index contributed by atoms with van der Waals surface area (Å²) in [6.45, 7) is 0. The molecule has 0 aromatic heterocycles. The number of carbonyl (C=O) groups is 1. The molecule has 1 amide bonds. The number of amides is 1. The number of carbonyl (C=O) groups excluding carboxylic acids is 1. The average molecular weight is 309 g/mol. The Morgan fingerprint density at radius 2 is 1.87 bits per heavy atom. The molecule has 116 valence electrons. The lowest BCUT2D eigenvalue weighted by Crippen LogP contribution is -2.20. The predicted octanol–water partition coefficient (Wildman–Crippen LogP) is 2.85. The second kappa shape index (κ2) is 6.39. The van der Waals surface area contributed by atoms with Gasteiger partial charge < -0.3 is 0 Å². The van der Waals surface area contributed by atoms with Crippen LogP contribution in [0.2, 0.25) is 0 Å². The first-order valence-electron chi connectivity index (χ1n) is 7.27. The largest absolute Gasteiger partial charge is 0.273 e. The number of nitrogens with zero attached hydrogens (tertiary/aromatic N) is 2. The van der Waals surface area contributed by atoms with Gasteiger partial charge in [-0.1, -0.05) is 30.3 Å². The van der Waals surface area contributed by atoms with Crippen LogP contribution in [0.15, 0.2) is 59.7 Å². The number of hydrogen-bond donors (Lipinski definition) is 1. The van der Waals surface area contributed by atoms with Crippen molar-refractivity contribution in [3.63, 3.8) is 0 Å². The van der Waals surface area contributed by atoms with Crippen molar-refractivity contribution in [2.24, 2.45) is 11.0 Å². The molecule has 23 heavy (non-hydrogen) atoms. The van der Waals surface area contributed by atoms with Crippen molar-refractivity contribution < 1.29 is 9.72 Å². The van der Waals surface area contributed by atoms with Gasteiger partial charge in [-0.15, -0.1) is 0 Å². The van der Waals surface area contributed by atoms with E-state index in [4.69, 9.17) is 0 Å². The number of benzene rings is 2. The van der Waals surface area contributed by atoms with Gasteiger partial charge in [0.25, 0.3) is 5.69 Å². The Bertz CT molecular complexity index is 741. The molecule has 1 aliphatic rings. The van der Waals surface area contributed by atoms with Gasteiger partial charge in [0.05, 0.1) is 11.1 Å². The highest BCUT2D eigenvalue weighted by Gasteiger charge is 2.43. The van der Waals surface area contributed by atoms with Gasteiger partial charge in [-0.3, -0.25) is 14.9 Å². The molecule has 0 unspecified atom stereocenters. The molecular weight excluding hydrogens is 294 g/mol. The Kier molecular flexibility index (Phi) is 4.14. The van der Waals surface area contributed by atoms with Gasteiger partial charge in [-0.2, -0.15) is 5.10 Å². The number of nitro groups is 1. The van der Waals surface area contributed by atoms with Crippen LogP contribution >= 0.6 is 0 Å². The second-order valence-corrected chi connectivity index (χ2v) is 5.44. The van der Waals surface area contributed by atoms with Crippen molar-refractivity contribution in [3.05, 3.63) is 75.8 Å². The summed E-state index contributed by atoms with van der Waals surface area (Å²) in [4.78, 5) is 22.1. The van der Waals surface area contributed by atoms with Gasteiger partial charge >= 0.3 is 0 Å². The Balaban J connectivity index is 1.52. The van der Waals surface area contributed by atoms with Crippen LogP contribution in [-0.2, 0) is 4.79 Å². The zero-order valence-corrected chi connectivity index (χ0v) is 12.3. The zero-order valence-electron chi connectivity index (χ0n) is 12.3. The minimum absolute atomic E-state index is 0.0230. The smallest absolute Gasteiger partial charge is 0.269 e. The SMILES string of the molecule is O=C(N/N=C\c1ccc([N+](=O)[O-])cc1)[C@H]1C[C@@H]1c1ccccc1. The standard InChI is InChI=1S/C17H15N3O3/c21-17(16-10-15(16)13-4-2-1-3-5-13)19-18-11-12-6-8-14(9-7-12)20(22)23/h1-9,11,15-16H,10H2,(H,19,21)/b18-11-/t15-,16+/m1/s1. The fraction of sp³-hybridized carbons (Fsp3) is 0.176. The molecule has 0 heterocycles. The molecule has 0 aliphatic heterocycles. The molecule has 1 fully saturated rings. The molecule has 1 saturated carbocycles. The van der Waals surface area contributed by atoms with Crippen LogP contribution in [-0.4, -0.2) is 17.0 Å². The Labute approximate surface area is 133 Å². The van der Waals surface area contributed by atoms with Gasteiger partial charge in [-0.25, -0.2) is 5.43 Å². The van der Waals surface area contributed by atoms with Crippen molar-refractivity contribution in [1.29, 1.82) is 0 Å². The molecule has 3 rings (SSSR count). The summed E-state index contributed by atoms with van der Waals surface area (Å²) < 4.78 is 0. The van der Waals surface area contributed by atoms with Crippen molar-refractivity contribution in [3.8, 4) is 0 Å². The first kappa shape index (κ1) is 14.9. The van der Waals surface area contributed by atoms with E-state index in [0.717, 1.165) is 6.42 Å². The van der Waals surface area contributed by atoms with Crippen molar-refractivity contribution >= 4 is 17.8 Å². The first-order valence-corrected chi connectivity index (χ1v) is 7.27. The molecule has 6 heteroatoms. The maximum Gasteiger partial charge on any atom is 0.269 e. The van der Waals surface area contributed by atoms with E-state index in [9.17, 15) is 14.9 Å². The lowest BCUT2D eigenvalue weighted by atomic mass is 10.1. The fourth-order valence-electron chi connectivity index (χ4n) is 2.49. The van der Waals surface area contributed by atoms with Gasteiger partial charge in [-0.05, 0) is 35.6 Å². The minimum atomic E-state index is -0.459. The van der Waals surface area contributed by atoms with Gasteiger partial charge in [0, 0.05) is 18.1 Å². The van der Waals surface area contributed by atoms with Crippen LogP contribution in [0.1, 0.15) is 23.5 Å². The van der Waals surface area contributed by atoms with E-state index in [2.05, 4.69) is 10.5 Å². The van der Waals surface area contributed by atoms with E-state index < -0.39 is 4.92 Å². The molecule has 0 radical (unpaired) electrons. The summed E-state index contributed by atoms with van der Waals surface area (Å²) in [6.07, 6.45) is 2.31. The van der Waals surface area contributed by atoms with E-state index in [1.54, 1.807) is 12.1 Å². The molecule has 6 nitrogen and oxygen atoms in total.